The fourth-order valence-electron chi connectivity index (χ4n) is 1.15. The van der Waals surface area contributed by atoms with Crippen molar-refractivity contribution in [2.75, 3.05) is 24.7 Å². The van der Waals surface area contributed by atoms with E-state index in [1.54, 1.807) is 19.2 Å². The summed E-state index contributed by atoms with van der Waals surface area (Å²) in [5.41, 5.74) is 2.11. The number of hydrogen-bond acceptors (Lipinski definition) is 4. The van der Waals surface area contributed by atoms with E-state index in [2.05, 4.69) is 10.6 Å². The van der Waals surface area contributed by atoms with E-state index in [1.807, 2.05) is 13.1 Å². The molecule has 0 aliphatic carbocycles. The van der Waals surface area contributed by atoms with Crippen LogP contribution < -0.4 is 16.1 Å². The molecule has 0 unspecified atom stereocenters. The van der Waals surface area contributed by atoms with E-state index in [0.717, 1.165) is 5.69 Å². The first kappa shape index (κ1) is 9.89. The molecule has 4 nitrogen and oxygen atoms in total. The minimum absolute atomic E-state index is 0.474. The van der Waals surface area contributed by atoms with Crippen LogP contribution in [0.5, 0.6) is 0 Å². The third kappa shape index (κ3) is 2.14. The van der Waals surface area contributed by atoms with Crippen LogP contribution in [0.1, 0.15) is 0 Å². The van der Waals surface area contributed by atoms with Crippen molar-refractivity contribution in [3.63, 3.8) is 0 Å². The molecule has 0 aromatic heterocycles. The van der Waals surface area contributed by atoms with Crippen LogP contribution in [-0.2, 0) is 0 Å². The molecule has 0 saturated heterocycles. The lowest BCUT2D eigenvalue weighted by molar-refractivity contribution is 0.426. The Kier molecular flexibility index (Phi) is 3.16. The first-order chi connectivity index (χ1) is 6.19. The van der Waals surface area contributed by atoms with E-state index in [9.17, 15) is 0 Å². The molecule has 1 aromatic carbocycles. The van der Waals surface area contributed by atoms with Crippen LogP contribution in [-0.4, -0.2) is 31.3 Å². The van der Waals surface area contributed by atoms with Gasteiger partial charge in [0.1, 0.15) is 0 Å². The lowest BCUT2D eigenvalue weighted by Gasteiger charge is -2.10. The van der Waals surface area contributed by atoms with Gasteiger partial charge in [0, 0.05) is 30.9 Å². The van der Waals surface area contributed by atoms with Crippen molar-refractivity contribution < 1.29 is 10.0 Å². The molecule has 0 aliphatic rings. The van der Waals surface area contributed by atoms with Gasteiger partial charge < -0.3 is 20.7 Å². The number of benzene rings is 1. The topological polar surface area (TPSA) is 64.5 Å². The number of rotatable bonds is 3. The van der Waals surface area contributed by atoms with E-state index in [4.69, 9.17) is 10.0 Å². The van der Waals surface area contributed by atoms with Crippen molar-refractivity contribution in [3.05, 3.63) is 18.2 Å². The van der Waals surface area contributed by atoms with Crippen LogP contribution in [0.4, 0.5) is 11.4 Å². The zero-order valence-corrected chi connectivity index (χ0v) is 7.70. The summed E-state index contributed by atoms with van der Waals surface area (Å²) >= 11 is 0. The highest BCUT2D eigenvalue weighted by Crippen LogP contribution is 2.12. The first-order valence-electron chi connectivity index (χ1n) is 4.04. The van der Waals surface area contributed by atoms with Gasteiger partial charge in [-0.3, -0.25) is 0 Å². The molecule has 1 aromatic rings. The Labute approximate surface area is 77.7 Å². The highest BCUT2D eigenvalue weighted by atomic mass is 16.4. The van der Waals surface area contributed by atoms with Crippen LogP contribution in [0.15, 0.2) is 18.2 Å². The van der Waals surface area contributed by atoms with Crippen molar-refractivity contribution in [1.82, 2.24) is 0 Å². The second kappa shape index (κ2) is 4.16. The number of anilines is 2. The summed E-state index contributed by atoms with van der Waals surface area (Å²) in [6.07, 6.45) is 0. The molecule has 0 fully saturated rings. The van der Waals surface area contributed by atoms with Crippen molar-refractivity contribution >= 4 is 24.0 Å². The van der Waals surface area contributed by atoms with Gasteiger partial charge in [0.05, 0.1) is 0 Å². The van der Waals surface area contributed by atoms with Gasteiger partial charge >= 0.3 is 7.12 Å². The summed E-state index contributed by atoms with van der Waals surface area (Å²) in [4.78, 5) is 0. The highest BCUT2D eigenvalue weighted by molar-refractivity contribution is 6.60. The molecule has 1 rings (SSSR count). The summed E-state index contributed by atoms with van der Waals surface area (Å²) in [7, 11) is 2.11. The minimum atomic E-state index is -1.44. The Morgan fingerprint density at radius 2 is 1.85 bits per heavy atom. The van der Waals surface area contributed by atoms with E-state index in [0.29, 0.717) is 11.2 Å². The predicted molar refractivity (Wildman–Crippen MR) is 55.4 cm³/mol. The first-order valence-corrected chi connectivity index (χ1v) is 4.04. The molecule has 0 aliphatic heterocycles. The van der Waals surface area contributed by atoms with Crippen molar-refractivity contribution in [2.45, 2.75) is 0 Å². The van der Waals surface area contributed by atoms with Gasteiger partial charge in [-0.25, -0.2) is 0 Å². The number of hydrogen-bond donors (Lipinski definition) is 4. The molecule has 0 spiro atoms. The summed E-state index contributed by atoms with van der Waals surface area (Å²) in [6.45, 7) is 0. The van der Waals surface area contributed by atoms with E-state index >= 15 is 0 Å². The summed E-state index contributed by atoms with van der Waals surface area (Å²) in [5, 5.41) is 23.8. The normalized spacial score (nSPS) is 9.54. The second-order valence-corrected chi connectivity index (χ2v) is 2.68. The maximum atomic E-state index is 8.99. The molecule has 70 valence electrons. The van der Waals surface area contributed by atoms with Gasteiger partial charge in [0.2, 0.25) is 0 Å². The van der Waals surface area contributed by atoms with Gasteiger partial charge in [0.15, 0.2) is 0 Å². The van der Waals surface area contributed by atoms with E-state index in [1.165, 1.54) is 0 Å². The average molecular weight is 180 g/mol. The Balaban J connectivity index is 3.08. The largest absolute Gasteiger partial charge is 0.490 e. The third-order valence-corrected chi connectivity index (χ3v) is 1.89. The Morgan fingerprint density at radius 3 is 2.31 bits per heavy atom. The van der Waals surface area contributed by atoms with Crippen LogP contribution >= 0.6 is 0 Å². The molecule has 0 amide bonds. The van der Waals surface area contributed by atoms with E-state index in [-0.39, 0.29) is 0 Å². The molecule has 0 radical (unpaired) electrons. The predicted octanol–water partition coefficient (Wildman–Crippen LogP) is -0.550. The van der Waals surface area contributed by atoms with Crippen LogP contribution in [0.2, 0.25) is 0 Å². The maximum absolute atomic E-state index is 8.99. The SMILES string of the molecule is CNc1ccc(B(O)O)c(NC)c1. The van der Waals surface area contributed by atoms with Gasteiger partial charge in [-0.1, -0.05) is 6.07 Å². The van der Waals surface area contributed by atoms with Crippen molar-refractivity contribution in [1.29, 1.82) is 0 Å². The molecule has 0 atom stereocenters. The van der Waals surface area contributed by atoms with Crippen molar-refractivity contribution in [2.24, 2.45) is 0 Å². The fourth-order valence-corrected chi connectivity index (χ4v) is 1.15. The molecule has 0 saturated carbocycles. The Bertz CT molecular complexity index is 291. The second-order valence-electron chi connectivity index (χ2n) is 2.68. The Hall–Kier alpha value is -1.20. The molecule has 0 bridgehead atoms. The smallest absolute Gasteiger partial charge is 0.423 e. The zero-order chi connectivity index (χ0) is 9.84. The van der Waals surface area contributed by atoms with Gasteiger partial charge in [-0.2, -0.15) is 0 Å². The quantitative estimate of drug-likeness (QED) is 0.471. The standard InChI is InChI=1S/C8H13BN2O2/c1-10-6-3-4-7(9(12)13)8(5-6)11-2/h3-5,10-13H,1-2H3. The average Bonchev–Trinajstić information content (AvgIpc) is 2.16. The van der Waals surface area contributed by atoms with Crippen LogP contribution in [0.3, 0.4) is 0 Å². The molecular formula is C8H13BN2O2. The molecule has 5 heteroatoms. The van der Waals surface area contributed by atoms with Crippen LogP contribution in [0.25, 0.3) is 0 Å². The fraction of sp³-hybridized carbons (Fsp3) is 0.250. The lowest BCUT2D eigenvalue weighted by Crippen LogP contribution is -2.32. The maximum Gasteiger partial charge on any atom is 0.490 e. The van der Waals surface area contributed by atoms with Gasteiger partial charge in [-0.05, 0) is 12.1 Å². The minimum Gasteiger partial charge on any atom is -0.423 e. The molecule has 0 heterocycles. The van der Waals surface area contributed by atoms with E-state index < -0.39 is 7.12 Å². The summed E-state index contributed by atoms with van der Waals surface area (Å²) in [6, 6.07) is 5.27. The molecular weight excluding hydrogens is 167 g/mol. The summed E-state index contributed by atoms with van der Waals surface area (Å²) in [5.74, 6) is 0. The Morgan fingerprint density at radius 1 is 1.15 bits per heavy atom. The highest BCUT2D eigenvalue weighted by Gasteiger charge is 2.15. The van der Waals surface area contributed by atoms with Gasteiger partial charge in [0.25, 0.3) is 0 Å². The van der Waals surface area contributed by atoms with Crippen molar-refractivity contribution in [3.8, 4) is 0 Å². The molecule has 4 N–H and O–H groups in total. The van der Waals surface area contributed by atoms with Gasteiger partial charge in [-0.15, -0.1) is 0 Å². The third-order valence-electron chi connectivity index (χ3n) is 1.89. The van der Waals surface area contributed by atoms with Crippen LogP contribution in [0, 0.1) is 0 Å². The zero-order valence-electron chi connectivity index (χ0n) is 7.70. The number of nitrogens with one attached hydrogen (secondary N) is 2. The molecule has 13 heavy (non-hydrogen) atoms. The lowest BCUT2D eigenvalue weighted by atomic mass is 9.79. The monoisotopic (exact) mass is 180 g/mol. The summed E-state index contributed by atoms with van der Waals surface area (Å²) < 4.78 is 0.